The molecule has 0 amide bonds. The van der Waals surface area contributed by atoms with Crippen molar-refractivity contribution >= 4 is 27.9 Å². The minimum atomic E-state index is -0.405. The fourth-order valence-electron chi connectivity index (χ4n) is 4.78. The molecule has 0 atom stereocenters. The van der Waals surface area contributed by atoms with Crippen molar-refractivity contribution in [1.82, 2.24) is 40.0 Å². The van der Waals surface area contributed by atoms with Crippen LogP contribution in [0, 0.1) is 5.82 Å². The van der Waals surface area contributed by atoms with E-state index in [1.165, 1.54) is 12.6 Å². The van der Waals surface area contributed by atoms with Crippen LogP contribution in [0.1, 0.15) is 24.8 Å². The number of piperidine rings is 1. The van der Waals surface area contributed by atoms with Crippen LogP contribution in [0.2, 0.25) is 0 Å². The van der Waals surface area contributed by atoms with Gasteiger partial charge in [0, 0.05) is 55.5 Å². The van der Waals surface area contributed by atoms with Gasteiger partial charge in [0.2, 0.25) is 0 Å². The number of halogens is 1. The van der Waals surface area contributed by atoms with Gasteiger partial charge in [0.05, 0.1) is 10.9 Å². The first-order valence-electron chi connectivity index (χ1n) is 11.8. The van der Waals surface area contributed by atoms with E-state index >= 15 is 4.39 Å². The van der Waals surface area contributed by atoms with E-state index in [9.17, 15) is 0 Å². The SMILES string of the molecule is CN(C)Cc1cncc(-c2cnc3[nH]nc(-c4nc5c(N6CCCCC6)nccc5[nH]4)c3c2F)c1. The molecule has 9 nitrogen and oxygen atoms in total. The number of imidazole rings is 1. The zero-order valence-corrected chi connectivity index (χ0v) is 19.7. The summed E-state index contributed by atoms with van der Waals surface area (Å²) >= 11 is 0. The van der Waals surface area contributed by atoms with Crippen LogP contribution < -0.4 is 4.90 Å². The summed E-state index contributed by atoms with van der Waals surface area (Å²) in [7, 11) is 3.97. The van der Waals surface area contributed by atoms with Crippen molar-refractivity contribution < 1.29 is 4.39 Å². The summed E-state index contributed by atoms with van der Waals surface area (Å²) < 4.78 is 16.0. The number of rotatable bonds is 5. The van der Waals surface area contributed by atoms with E-state index in [0.29, 0.717) is 40.2 Å². The lowest BCUT2D eigenvalue weighted by Crippen LogP contribution is -2.30. The second-order valence-electron chi connectivity index (χ2n) is 9.27. The molecule has 178 valence electrons. The van der Waals surface area contributed by atoms with E-state index in [1.807, 2.05) is 31.1 Å². The molecule has 1 aliphatic rings. The predicted octanol–water partition coefficient (Wildman–Crippen LogP) is 4.15. The van der Waals surface area contributed by atoms with Crippen LogP contribution in [0.25, 0.3) is 44.7 Å². The highest BCUT2D eigenvalue weighted by Crippen LogP contribution is 2.34. The van der Waals surface area contributed by atoms with Gasteiger partial charge in [0.15, 0.2) is 17.3 Å². The molecule has 0 radical (unpaired) electrons. The Morgan fingerprint density at radius 1 is 1.09 bits per heavy atom. The summed E-state index contributed by atoms with van der Waals surface area (Å²) in [4.78, 5) is 25.8. The number of hydrogen-bond donors (Lipinski definition) is 2. The number of pyridine rings is 3. The zero-order valence-electron chi connectivity index (χ0n) is 19.7. The van der Waals surface area contributed by atoms with Gasteiger partial charge in [0.1, 0.15) is 17.0 Å². The third kappa shape index (κ3) is 3.89. The third-order valence-electron chi connectivity index (χ3n) is 6.39. The van der Waals surface area contributed by atoms with Crippen LogP contribution in [-0.4, -0.2) is 67.2 Å². The maximum atomic E-state index is 16.0. The van der Waals surface area contributed by atoms with Crippen molar-refractivity contribution in [2.45, 2.75) is 25.8 Å². The van der Waals surface area contributed by atoms with Crippen LogP contribution in [0.4, 0.5) is 10.2 Å². The van der Waals surface area contributed by atoms with Gasteiger partial charge in [-0.1, -0.05) is 0 Å². The van der Waals surface area contributed by atoms with Crippen LogP contribution in [-0.2, 0) is 6.54 Å². The van der Waals surface area contributed by atoms with Crippen molar-refractivity contribution in [2.75, 3.05) is 32.1 Å². The molecular formula is C25H26FN9. The van der Waals surface area contributed by atoms with E-state index in [2.05, 4.69) is 35.0 Å². The highest BCUT2D eigenvalue weighted by molar-refractivity contribution is 5.95. The van der Waals surface area contributed by atoms with Gasteiger partial charge in [-0.3, -0.25) is 10.1 Å². The van der Waals surface area contributed by atoms with E-state index in [0.717, 1.165) is 48.3 Å². The van der Waals surface area contributed by atoms with Gasteiger partial charge < -0.3 is 14.8 Å². The lowest BCUT2D eigenvalue weighted by Gasteiger charge is -2.27. The Bertz CT molecular complexity index is 1510. The third-order valence-corrected chi connectivity index (χ3v) is 6.39. The molecule has 0 aliphatic carbocycles. The van der Waals surface area contributed by atoms with Crippen molar-refractivity contribution in [3.8, 4) is 22.6 Å². The van der Waals surface area contributed by atoms with Gasteiger partial charge in [-0.2, -0.15) is 5.10 Å². The topological polar surface area (TPSA) is 103 Å². The Labute approximate surface area is 201 Å². The van der Waals surface area contributed by atoms with Gasteiger partial charge >= 0.3 is 0 Å². The summed E-state index contributed by atoms with van der Waals surface area (Å²) in [6, 6.07) is 3.83. The number of nitrogens with zero attached hydrogens (tertiary/aromatic N) is 7. The van der Waals surface area contributed by atoms with E-state index in [1.54, 1.807) is 18.6 Å². The number of H-pyrrole nitrogens is 2. The van der Waals surface area contributed by atoms with Gasteiger partial charge in [-0.15, -0.1) is 0 Å². The number of fused-ring (bicyclic) bond motifs is 2. The molecule has 6 rings (SSSR count). The molecule has 1 fully saturated rings. The number of aromatic amines is 2. The molecule has 10 heteroatoms. The van der Waals surface area contributed by atoms with Crippen molar-refractivity contribution in [3.63, 3.8) is 0 Å². The predicted molar refractivity (Wildman–Crippen MR) is 133 cm³/mol. The van der Waals surface area contributed by atoms with Crippen molar-refractivity contribution in [3.05, 3.63) is 48.3 Å². The molecular weight excluding hydrogens is 445 g/mol. The number of aromatic nitrogens is 7. The standard InChI is InChI=1S/C25H26FN9/c1-34(2)14-15-10-16(12-27-11-15)17-13-29-23-19(20(17)26)22(32-33-23)24-30-18-6-7-28-25(21(18)31-24)35-8-4-3-5-9-35/h6-7,10-13H,3-5,8-9,14H2,1-2H3,(H,30,31)(H,29,32,33). The summed E-state index contributed by atoms with van der Waals surface area (Å²) in [6.07, 6.45) is 10.3. The number of anilines is 1. The highest BCUT2D eigenvalue weighted by Gasteiger charge is 2.23. The van der Waals surface area contributed by atoms with Crippen LogP contribution in [0.5, 0.6) is 0 Å². The normalized spacial score (nSPS) is 14.5. The molecule has 0 saturated carbocycles. The molecule has 0 bridgehead atoms. The average Bonchev–Trinajstić information content (AvgIpc) is 3.49. The van der Waals surface area contributed by atoms with Crippen molar-refractivity contribution in [1.29, 1.82) is 0 Å². The first-order valence-corrected chi connectivity index (χ1v) is 11.8. The van der Waals surface area contributed by atoms with Gasteiger partial charge in [0.25, 0.3) is 0 Å². The molecule has 5 aromatic rings. The Kier molecular flexibility index (Phi) is 5.37. The Morgan fingerprint density at radius 2 is 1.94 bits per heavy atom. The van der Waals surface area contributed by atoms with Crippen LogP contribution >= 0.6 is 0 Å². The molecule has 0 aromatic carbocycles. The smallest absolute Gasteiger partial charge is 0.160 e. The largest absolute Gasteiger partial charge is 0.355 e. The quantitative estimate of drug-likeness (QED) is 0.397. The zero-order chi connectivity index (χ0) is 23.9. The monoisotopic (exact) mass is 471 g/mol. The van der Waals surface area contributed by atoms with E-state index < -0.39 is 5.82 Å². The second-order valence-corrected chi connectivity index (χ2v) is 9.27. The molecule has 2 N–H and O–H groups in total. The molecule has 35 heavy (non-hydrogen) atoms. The van der Waals surface area contributed by atoms with E-state index in [-0.39, 0.29) is 0 Å². The summed E-state index contributed by atoms with van der Waals surface area (Å²) in [5, 5.41) is 7.53. The lowest BCUT2D eigenvalue weighted by atomic mass is 10.1. The Hall–Kier alpha value is -3.92. The number of hydrogen-bond acceptors (Lipinski definition) is 7. The molecule has 6 heterocycles. The Morgan fingerprint density at radius 3 is 2.77 bits per heavy atom. The minimum Gasteiger partial charge on any atom is -0.355 e. The highest BCUT2D eigenvalue weighted by atomic mass is 19.1. The molecule has 1 aliphatic heterocycles. The summed E-state index contributed by atoms with van der Waals surface area (Å²) in [6.45, 7) is 2.63. The maximum Gasteiger partial charge on any atom is 0.160 e. The molecule has 1 saturated heterocycles. The lowest BCUT2D eigenvalue weighted by molar-refractivity contribution is 0.402. The van der Waals surface area contributed by atoms with Crippen LogP contribution in [0.15, 0.2) is 36.9 Å². The first-order chi connectivity index (χ1) is 17.1. The van der Waals surface area contributed by atoms with Crippen LogP contribution in [0.3, 0.4) is 0 Å². The molecule has 5 aromatic heterocycles. The second kappa shape index (κ2) is 8.70. The average molecular weight is 472 g/mol. The van der Waals surface area contributed by atoms with Gasteiger partial charge in [-0.05, 0) is 51.1 Å². The van der Waals surface area contributed by atoms with Gasteiger partial charge in [-0.25, -0.2) is 19.3 Å². The molecule has 0 spiro atoms. The summed E-state index contributed by atoms with van der Waals surface area (Å²) in [5.74, 6) is 0.930. The minimum absolute atomic E-state index is 0.298. The fourth-order valence-corrected chi connectivity index (χ4v) is 4.78. The van der Waals surface area contributed by atoms with E-state index in [4.69, 9.17) is 4.98 Å². The Balaban J connectivity index is 1.45. The first kappa shape index (κ1) is 21.6. The summed E-state index contributed by atoms with van der Waals surface area (Å²) in [5.41, 5.74) is 4.42. The number of nitrogens with one attached hydrogen (secondary N) is 2. The maximum absolute atomic E-state index is 16.0. The van der Waals surface area contributed by atoms with Crippen molar-refractivity contribution in [2.24, 2.45) is 0 Å². The fraction of sp³-hybridized carbons (Fsp3) is 0.320. The molecule has 0 unspecified atom stereocenters.